The molecule has 1 aliphatic rings. The monoisotopic (exact) mass is 356 g/mol. The van der Waals surface area contributed by atoms with Crippen LogP contribution in [0.4, 0.5) is 4.39 Å². The molecule has 0 bridgehead atoms. The molecular weight excluding hydrogens is 331 g/mol. The van der Waals surface area contributed by atoms with E-state index in [-0.39, 0.29) is 5.82 Å². The molecule has 138 valence electrons. The number of halogens is 1. The Morgan fingerprint density at radius 2 is 2.19 bits per heavy atom. The molecule has 1 fully saturated rings. The van der Waals surface area contributed by atoms with Gasteiger partial charge in [0.1, 0.15) is 11.6 Å². The molecule has 2 heterocycles. The summed E-state index contributed by atoms with van der Waals surface area (Å²) in [7, 11) is 1.81. The molecule has 1 N–H and O–H groups in total. The lowest BCUT2D eigenvalue weighted by molar-refractivity contribution is 0.370. The van der Waals surface area contributed by atoms with Crippen molar-refractivity contribution < 1.29 is 9.13 Å². The van der Waals surface area contributed by atoms with Crippen LogP contribution in [0, 0.1) is 11.2 Å². The molecule has 26 heavy (non-hydrogen) atoms. The summed E-state index contributed by atoms with van der Waals surface area (Å²) in [6.45, 7) is 7.22. The summed E-state index contributed by atoms with van der Waals surface area (Å²) in [5, 5.41) is 3.39. The number of ether oxygens (including phenoxy) is 1. The van der Waals surface area contributed by atoms with E-state index in [1.165, 1.54) is 18.6 Å². The highest BCUT2D eigenvalue weighted by Gasteiger charge is 2.30. The number of nitrogens with zero attached hydrogens (tertiary/aromatic N) is 3. The average molecular weight is 356 g/mol. The molecule has 1 saturated heterocycles. The number of hydrogen-bond donors (Lipinski definition) is 1. The van der Waals surface area contributed by atoms with Gasteiger partial charge in [-0.1, -0.05) is 26.0 Å². The van der Waals surface area contributed by atoms with E-state index in [2.05, 4.69) is 34.0 Å². The Morgan fingerprint density at radius 1 is 1.35 bits per heavy atom. The molecule has 1 aromatic carbocycles. The van der Waals surface area contributed by atoms with Crippen LogP contribution < -0.4 is 10.1 Å². The van der Waals surface area contributed by atoms with Crippen molar-refractivity contribution in [3.05, 3.63) is 54.0 Å². The highest BCUT2D eigenvalue weighted by atomic mass is 19.1. The van der Waals surface area contributed by atoms with E-state index in [9.17, 15) is 4.39 Å². The van der Waals surface area contributed by atoms with Gasteiger partial charge in [0.15, 0.2) is 5.96 Å². The van der Waals surface area contributed by atoms with Crippen molar-refractivity contribution in [1.82, 2.24) is 15.2 Å². The van der Waals surface area contributed by atoms with Crippen LogP contribution in [-0.4, -0.2) is 36.0 Å². The molecule has 5 nitrogen and oxygen atoms in total. The number of likely N-dealkylation sites (tertiary alicyclic amines) is 1. The van der Waals surface area contributed by atoms with Gasteiger partial charge in [-0.3, -0.25) is 4.99 Å². The average Bonchev–Trinajstić information content (AvgIpc) is 2.97. The van der Waals surface area contributed by atoms with Crippen molar-refractivity contribution in [2.75, 3.05) is 20.1 Å². The zero-order chi connectivity index (χ0) is 18.6. The second kappa shape index (κ2) is 7.72. The fourth-order valence-corrected chi connectivity index (χ4v) is 3.03. The molecule has 0 atom stereocenters. The van der Waals surface area contributed by atoms with Gasteiger partial charge in [0.25, 0.3) is 0 Å². The van der Waals surface area contributed by atoms with Crippen molar-refractivity contribution >= 4 is 5.96 Å². The molecule has 0 amide bonds. The minimum absolute atomic E-state index is 0.328. The highest BCUT2D eigenvalue weighted by Crippen LogP contribution is 2.28. The lowest BCUT2D eigenvalue weighted by Crippen LogP contribution is -2.40. The Hall–Kier alpha value is -2.63. The third-order valence-corrected chi connectivity index (χ3v) is 4.46. The Kier molecular flexibility index (Phi) is 5.40. The largest absolute Gasteiger partial charge is 0.439 e. The summed E-state index contributed by atoms with van der Waals surface area (Å²) < 4.78 is 18.8. The summed E-state index contributed by atoms with van der Waals surface area (Å²) in [6.07, 6.45) is 2.92. The number of hydrogen-bond acceptors (Lipinski definition) is 3. The lowest BCUT2D eigenvalue weighted by atomic mass is 9.93. The van der Waals surface area contributed by atoms with Crippen LogP contribution in [0.5, 0.6) is 11.6 Å². The van der Waals surface area contributed by atoms with E-state index in [1.54, 1.807) is 24.4 Å². The van der Waals surface area contributed by atoms with E-state index < -0.39 is 0 Å². The van der Waals surface area contributed by atoms with E-state index >= 15 is 0 Å². The van der Waals surface area contributed by atoms with Crippen molar-refractivity contribution in [2.45, 2.75) is 26.8 Å². The van der Waals surface area contributed by atoms with Crippen molar-refractivity contribution in [1.29, 1.82) is 0 Å². The number of aromatic nitrogens is 1. The maximum absolute atomic E-state index is 13.2. The summed E-state index contributed by atoms with van der Waals surface area (Å²) in [4.78, 5) is 11.0. The second-order valence-corrected chi connectivity index (χ2v) is 7.30. The maximum Gasteiger partial charge on any atom is 0.219 e. The first kappa shape index (κ1) is 18.2. The molecule has 0 saturated carbocycles. The molecule has 1 aromatic heterocycles. The number of benzene rings is 1. The standard InChI is InChI=1S/C20H25FN4O/c1-20(2)9-10-25(14-20)19(22-3)24-13-15-7-8-18(23-12-15)26-17-6-4-5-16(21)11-17/h4-8,11-12H,9-10,13-14H2,1-3H3,(H,22,24). The second-order valence-electron chi connectivity index (χ2n) is 7.30. The fraction of sp³-hybridized carbons (Fsp3) is 0.400. The third-order valence-electron chi connectivity index (χ3n) is 4.46. The molecule has 0 radical (unpaired) electrons. The SMILES string of the molecule is CN=C(NCc1ccc(Oc2cccc(F)c2)nc1)N1CCC(C)(C)C1. The first-order valence-electron chi connectivity index (χ1n) is 8.79. The minimum Gasteiger partial charge on any atom is -0.439 e. The van der Waals surface area contributed by atoms with Crippen LogP contribution in [0.1, 0.15) is 25.8 Å². The van der Waals surface area contributed by atoms with Crippen LogP contribution in [0.15, 0.2) is 47.6 Å². The molecule has 0 aliphatic carbocycles. The van der Waals surface area contributed by atoms with Gasteiger partial charge in [-0.2, -0.15) is 0 Å². The van der Waals surface area contributed by atoms with Gasteiger partial charge in [0, 0.05) is 45.0 Å². The van der Waals surface area contributed by atoms with Crippen LogP contribution in [0.3, 0.4) is 0 Å². The van der Waals surface area contributed by atoms with Gasteiger partial charge in [0.2, 0.25) is 5.88 Å². The fourth-order valence-electron chi connectivity index (χ4n) is 3.03. The Balaban J connectivity index is 1.55. The number of guanidine groups is 1. The van der Waals surface area contributed by atoms with Crippen molar-refractivity contribution in [3.63, 3.8) is 0 Å². The van der Waals surface area contributed by atoms with Crippen molar-refractivity contribution in [3.8, 4) is 11.6 Å². The lowest BCUT2D eigenvalue weighted by Gasteiger charge is -2.23. The van der Waals surface area contributed by atoms with Crippen LogP contribution >= 0.6 is 0 Å². The number of nitrogens with one attached hydrogen (secondary N) is 1. The van der Waals surface area contributed by atoms with Crippen LogP contribution in [-0.2, 0) is 6.54 Å². The van der Waals surface area contributed by atoms with Crippen LogP contribution in [0.2, 0.25) is 0 Å². The maximum atomic E-state index is 13.2. The first-order valence-corrected chi connectivity index (χ1v) is 8.79. The molecule has 1 aliphatic heterocycles. The number of aliphatic imine (C=N–C) groups is 1. The minimum atomic E-state index is -0.334. The van der Waals surface area contributed by atoms with E-state index in [1.807, 2.05) is 13.1 Å². The summed E-state index contributed by atoms with van der Waals surface area (Å²) >= 11 is 0. The van der Waals surface area contributed by atoms with E-state index in [0.717, 1.165) is 24.6 Å². The molecular formula is C20H25FN4O. The third kappa shape index (κ3) is 4.71. The summed E-state index contributed by atoms with van der Waals surface area (Å²) in [5.74, 6) is 1.45. The van der Waals surface area contributed by atoms with Gasteiger partial charge in [0.05, 0.1) is 0 Å². The van der Waals surface area contributed by atoms with Gasteiger partial charge >= 0.3 is 0 Å². The first-order chi connectivity index (χ1) is 12.4. The molecule has 6 heteroatoms. The molecule has 0 unspecified atom stereocenters. The van der Waals surface area contributed by atoms with Gasteiger partial charge < -0.3 is 15.0 Å². The normalized spacial score (nSPS) is 16.6. The Labute approximate surface area is 153 Å². The summed E-state index contributed by atoms with van der Waals surface area (Å²) in [6, 6.07) is 9.73. The predicted molar refractivity (Wildman–Crippen MR) is 101 cm³/mol. The number of pyridine rings is 1. The highest BCUT2D eigenvalue weighted by molar-refractivity contribution is 5.80. The van der Waals surface area contributed by atoms with E-state index in [0.29, 0.717) is 23.6 Å². The zero-order valence-electron chi connectivity index (χ0n) is 15.5. The summed E-state index contributed by atoms with van der Waals surface area (Å²) in [5.41, 5.74) is 1.35. The topological polar surface area (TPSA) is 49.8 Å². The molecule has 2 aromatic rings. The number of rotatable bonds is 4. The smallest absolute Gasteiger partial charge is 0.219 e. The molecule has 3 rings (SSSR count). The quantitative estimate of drug-likeness (QED) is 0.668. The van der Waals surface area contributed by atoms with Gasteiger partial charge in [-0.05, 0) is 29.5 Å². The van der Waals surface area contributed by atoms with Crippen molar-refractivity contribution in [2.24, 2.45) is 10.4 Å². The van der Waals surface area contributed by atoms with Crippen LogP contribution in [0.25, 0.3) is 0 Å². The van der Waals surface area contributed by atoms with E-state index in [4.69, 9.17) is 4.74 Å². The zero-order valence-corrected chi connectivity index (χ0v) is 15.5. The Morgan fingerprint density at radius 3 is 2.81 bits per heavy atom. The molecule has 0 spiro atoms. The van der Waals surface area contributed by atoms with Gasteiger partial charge in [-0.15, -0.1) is 0 Å². The van der Waals surface area contributed by atoms with Gasteiger partial charge in [-0.25, -0.2) is 9.37 Å². The predicted octanol–water partition coefficient (Wildman–Crippen LogP) is 3.82. The Bertz CT molecular complexity index is 774.